The van der Waals surface area contributed by atoms with Crippen LogP contribution < -0.4 is 16.6 Å². The van der Waals surface area contributed by atoms with E-state index in [4.69, 9.17) is 9.84 Å². The summed E-state index contributed by atoms with van der Waals surface area (Å²) in [4.78, 5) is 36.5. The zero-order valence-electron chi connectivity index (χ0n) is 11.4. The Bertz CT molecular complexity index is 637. The zero-order chi connectivity index (χ0) is 15.6. The van der Waals surface area contributed by atoms with Crippen LogP contribution in [0.1, 0.15) is 25.1 Å². The van der Waals surface area contributed by atoms with E-state index in [0.29, 0.717) is 0 Å². The zero-order valence-corrected chi connectivity index (χ0v) is 11.4. The highest BCUT2D eigenvalue weighted by Crippen LogP contribution is 2.27. The second-order valence-corrected chi connectivity index (χ2v) is 4.85. The van der Waals surface area contributed by atoms with Crippen LogP contribution in [-0.2, 0) is 16.1 Å². The molecule has 2 heterocycles. The Morgan fingerprint density at radius 1 is 1.57 bits per heavy atom. The summed E-state index contributed by atoms with van der Waals surface area (Å²) in [5, 5.41) is 21.2. The van der Waals surface area contributed by atoms with Crippen molar-refractivity contribution in [2.45, 2.75) is 38.3 Å². The van der Waals surface area contributed by atoms with E-state index >= 15 is 0 Å². The van der Waals surface area contributed by atoms with E-state index in [-0.39, 0.29) is 31.0 Å². The average molecular weight is 301 g/mol. The van der Waals surface area contributed by atoms with Crippen molar-refractivity contribution in [3.63, 3.8) is 0 Å². The summed E-state index contributed by atoms with van der Waals surface area (Å²) >= 11 is 0. The van der Waals surface area contributed by atoms with Crippen LogP contribution in [0.15, 0.2) is 15.8 Å². The van der Waals surface area contributed by atoms with Crippen LogP contribution in [0.2, 0.25) is 0 Å². The molecule has 116 valence electrons. The number of ether oxygens (including phenoxy) is 1. The third kappa shape index (κ3) is 3.38. The summed E-state index contributed by atoms with van der Waals surface area (Å²) in [5.41, 5.74) is -1.08. The highest BCUT2D eigenvalue weighted by molar-refractivity contribution is 5.72. The van der Waals surface area contributed by atoms with Gasteiger partial charge < -0.3 is 20.3 Å². The van der Waals surface area contributed by atoms with E-state index < -0.39 is 29.7 Å². The summed E-state index contributed by atoms with van der Waals surface area (Å²) in [7, 11) is 0. The van der Waals surface area contributed by atoms with Crippen LogP contribution in [0.4, 0.5) is 0 Å². The first kappa shape index (κ1) is 15.4. The molecule has 9 heteroatoms. The lowest BCUT2D eigenvalue weighted by molar-refractivity contribution is -0.119. The van der Waals surface area contributed by atoms with Crippen LogP contribution >= 0.6 is 0 Å². The molecule has 0 unspecified atom stereocenters. The molecule has 4 N–H and O–H groups in total. The lowest BCUT2D eigenvalue weighted by Crippen LogP contribution is -2.36. The standard InChI is InChI=1S/C12H17N3O6/c1-6(17)13-3-7-4-15(12(20)14-11(7)19)10-2-8(18)9(5-16)21-10/h4,8-10,16,18H,2-3,5H2,1H3,(H,13,17)(H,14,19,20)/t8-,9+,10+/m0/s1/i6+2. The molecule has 21 heavy (non-hydrogen) atoms. The van der Waals surface area contributed by atoms with Gasteiger partial charge in [0.05, 0.1) is 18.3 Å². The Balaban J connectivity index is 2.28. The molecule has 1 aromatic heterocycles. The first-order chi connectivity index (χ1) is 9.92. The molecular formula is C12H17N3O6. The lowest BCUT2D eigenvalue weighted by atomic mass is 10.2. The fourth-order valence-electron chi connectivity index (χ4n) is 2.14. The summed E-state index contributed by atoms with van der Waals surface area (Å²) < 4.78 is 6.50. The summed E-state index contributed by atoms with van der Waals surface area (Å²) in [5.74, 6) is -0.306. The molecular weight excluding hydrogens is 284 g/mol. The number of carbonyl (C=O) groups excluding carboxylic acids is 1. The van der Waals surface area contributed by atoms with Gasteiger partial charge in [-0.3, -0.25) is 19.1 Å². The number of hydrogen-bond acceptors (Lipinski definition) is 6. The topological polar surface area (TPSA) is 134 Å². The van der Waals surface area contributed by atoms with Gasteiger partial charge in [-0.25, -0.2) is 4.79 Å². The third-order valence-corrected chi connectivity index (χ3v) is 3.26. The lowest BCUT2D eigenvalue weighted by Gasteiger charge is -2.15. The molecule has 0 radical (unpaired) electrons. The molecule has 0 aliphatic carbocycles. The molecule has 1 amide bonds. The van der Waals surface area contributed by atoms with E-state index in [1.807, 2.05) is 0 Å². The number of aromatic amines is 1. The van der Waals surface area contributed by atoms with Crippen LogP contribution in [0.25, 0.3) is 0 Å². The molecule has 1 aliphatic heterocycles. The monoisotopic (exact) mass is 301 g/mol. The molecule has 0 bridgehead atoms. The minimum atomic E-state index is -0.891. The fraction of sp³-hybridized carbons (Fsp3) is 0.583. The van der Waals surface area contributed by atoms with Gasteiger partial charge in [-0.2, -0.15) is 0 Å². The fourth-order valence-corrected chi connectivity index (χ4v) is 2.14. The van der Waals surface area contributed by atoms with Gasteiger partial charge in [0.1, 0.15) is 12.3 Å². The van der Waals surface area contributed by atoms with E-state index in [0.717, 1.165) is 4.57 Å². The van der Waals surface area contributed by atoms with Crippen LogP contribution in [0.3, 0.4) is 0 Å². The molecule has 0 saturated carbocycles. The second-order valence-electron chi connectivity index (χ2n) is 4.85. The van der Waals surface area contributed by atoms with Gasteiger partial charge in [-0.1, -0.05) is 0 Å². The van der Waals surface area contributed by atoms with Gasteiger partial charge >= 0.3 is 5.69 Å². The largest absolute Gasteiger partial charge is 0.394 e. The quantitative estimate of drug-likeness (QED) is 0.499. The number of nitrogens with zero attached hydrogens (tertiary/aromatic N) is 1. The number of hydrogen-bond donors (Lipinski definition) is 4. The van der Waals surface area contributed by atoms with E-state index in [2.05, 4.69) is 10.3 Å². The van der Waals surface area contributed by atoms with Crippen molar-refractivity contribution < 1.29 is 19.7 Å². The number of amides is 1. The van der Waals surface area contributed by atoms with E-state index in [1.165, 1.54) is 13.1 Å². The second kappa shape index (κ2) is 6.20. The number of H-pyrrole nitrogens is 1. The third-order valence-electron chi connectivity index (χ3n) is 3.26. The molecule has 2 rings (SSSR count). The van der Waals surface area contributed by atoms with Gasteiger partial charge in [0.15, 0.2) is 0 Å². The molecule has 9 nitrogen and oxygen atoms in total. The maximum absolute atomic E-state index is 11.8. The molecule has 1 saturated heterocycles. The minimum absolute atomic E-state index is 0.0242. The maximum Gasteiger partial charge on any atom is 0.330 e. The number of carbonyl (C=O) groups is 1. The van der Waals surface area contributed by atoms with Gasteiger partial charge in [0.25, 0.3) is 5.56 Å². The average Bonchev–Trinajstić information content (AvgIpc) is 2.78. The van der Waals surface area contributed by atoms with Crippen molar-refractivity contribution in [2.75, 3.05) is 6.61 Å². The molecule has 0 spiro atoms. The first-order valence-corrected chi connectivity index (χ1v) is 6.45. The van der Waals surface area contributed by atoms with E-state index in [9.17, 15) is 19.5 Å². The number of aliphatic hydroxyl groups excluding tert-OH is 2. The van der Waals surface area contributed by atoms with Crippen molar-refractivity contribution in [1.82, 2.24) is 14.9 Å². The number of rotatable bonds is 4. The van der Waals surface area contributed by atoms with Crippen LogP contribution in [0, 0.1) is 0 Å². The van der Waals surface area contributed by atoms with Crippen molar-refractivity contribution >= 4 is 5.91 Å². The molecule has 1 fully saturated rings. The molecule has 1 aliphatic rings. The molecule has 0 aromatic carbocycles. The highest BCUT2D eigenvalue weighted by atomic mass is 16.5. The number of aromatic nitrogens is 2. The van der Waals surface area contributed by atoms with Crippen LogP contribution in [-0.4, -0.2) is 44.5 Å². The number of nitrogens with one attached hydrogen (secondary N) is 2. The first-order valence-electron chi connectivity index (χ1n) is 6.45. The predicted molar refractivity (Wildman–Crippen MR) is 70.5 cm³/mol. The molecule has 1 aromatic rings. The normalized spacial score (nSPS) is 25.0. The summed E-state index contributed by atoms with van der Waals surface area (Å²) in [6.45, 7) is 0.921. The Labute approximate surface area is 119 Å². The summed E-state index contributed by atoms with van der Waals surface area (Å²) in [6.07, 6.45) is -1.03. The maximum atomic E-state index is 11.8. The van der Waals surface area contributed by atoms with Gasteiger partial charge in [-0.05, 0) is 0 Å². The van der Waals surface area contributed by atoms with Gasteiger partial charge in [-0.15, -0.1) is 0 Å². The van der Waals surface area contributed by atoms with Gasteiger partial charge in [0, 0.05) is 26.1 Å². The van der Waals surface area contributed by atoms with Crippen molar-refractivity contribution in [3.05, 3.63) is 32.6 Å². The van der Waals surface area contributed by atoms with E-state index in [1.54, 1.807) is 0 Å². The minimum Gasteiger partial charge on any atom is -0.394 e. The smallest absolute Gasteiger partial charge is 0.330 e. The Morgan fingerprint density at radius 2 is 2.29 bits per heavy atom. The Hall–Kier alpha value is -1.97. The Morgan fingerprint density at radius 3 is 2.86 bits per heavy atom. The van der Waals surface area contributed by atoms with Crippen LogP contribution in [0.5, 0.6) is 0 Å². The van der Waals surface area contributed by atoms with Crippen molar-refractivity contribution in [1.29, 1.82) is 0 Å². The van der Waals surface area contributed by atoms with Crippen molar-refractivity contribution in [3.8, 4) is 0 Å². The van der Waals surface area contributed by atoms with Gasteiger partial charge in [0.2, 0.25) is 5.91 Å². The Kier molecular flexibility index (Phi) is 4.56. The SMILES string of the molecule is C[14C](=O)NCc1cn([C@H]2C[C@H](O)[C@@H](CO)O2)c(=O)[nH]c1=O. The molecule has 3 atom stereocenters. The summed E-state index contributed by atoms with van der Waals surface area (Å²) in [6, 6.07) is 0. The number of aliphatic hydroxyl groups is 2. The highest BCUT2D eigenvalue weighted by Gasteiger charge is 2.35. The van der Waals surface area contributed by atoms with Crippen molar-refractivity contribution in [2.24, 2.45) is 0 Å². The predicted octanol–water partition coefficient (Wildman–Crippen LogP) is -2.19.